The molecule has 0 unspecified atom stereocenters. The molecule has 1 aromatic rings. The van der Waals surface area contributed by atoms with Crippen LogP contribution in [0.2, 0.25) is 0 Å². The SMILES string of the molecule is C[C@H]1Oc2ccccc2N(CC(=O)N[C@H]2CCCCNC2=O)C1=O. The number of hydrogen-bond acceptors (Lipinski definition) is 4. The second kappa shape index (κ2) is 6.90. The Labute approximate surface area is 140 Å². The number of fused-ring (bicyclic) bond motifs is 1. The Kier molecular flexibility index (Phi) is 4.69. The molecule has 1 fully saturated rings. The van der Waals surface area contributed by atoms with Gasteiger partial charge in [0.25, 0.3) is 5.91 Å². The lowest BCUT2D eigenvalue weighted by Crippen LogP contribution is -2.52. The Morgan fingerprint density at radius 2 is 2.12 bits per heavy atom. The number of amides is 3. The van der Waals surface area contributed by atoms with Gasteiger partial charge in [-0.05, 0) is 38.3 Å². The van der Waals surface area contributed by atoms with E-state index in [2.05, 4.69) is 10.6 Å². The molecule has 0 radical (unpaired) electrons. The molecule has 2 aliphatic rings. The molecule has 128 valence electrons. The lowest BCUT2D eigenvalue weighted by Gasteiger charge is -2.32. The highest BCUT2D eigenvalue weighted by Crippen LogP contribution is 2.33. The van der Waals surface area contributed by atoms with E-state index in [1.807, 2.05) is 6.07 Å². The highest BCUT2D eigenvalue weighted by molar-refractivity contribution is 6.04. The van der Waals surface area contributed by atoms with Crippen molar-refractivity contribution < 1.29 is 19.1 Å². The molecule has 2 aliphatic heterocycles. The Morgan fingerprint density at radius 3 is 2.96 bits per heavy atom. The van der Waals surface area contributed by atoms with Crippen LogP contribution in [0.5, 0.6) is 5.75 Å². The third-order valence-electron chi connectivity index (χ3n) is 4.25. The summed E-state index contributed by atoms with van der Waals surface area (Å²) < 4.78 is 5.55. The predicted molar refractivity (Wildman–Crippen MR) is 87.7 cm³/mol. The molecular weight excluding hydrogens is 310 g/mol. The molecule has 3 amide bonds. The Hall–Kier alpha value is -2.57. The van der Waals surface area contributed by atoms with Gasteiger partial charge in [-0.25, -0.2) is 0 Å². The van der Waals surface area contributed by atoms with Crippen molar-refractivity contribution in [3.8, 4) is 5.75 Å². The van der Waals surface area contributed by atoms with Crippen molar-refractivity contribution in [2.24, 2.45) is 0 Å². The maximum atomic E-state index is 12.4. The van der Waals surface area contributed by atoms with Crippen LogP contribution >= 0.6 is 0 Å². The molecule has 2 atom stereocenters. The maximum Gasteiger partial charge on any atom is 0.268 e. The number of hydrogen-bond donors (Lipinski definition) is 2. The first-order valence-electron chi connectivity index (χ1n) is 8.20. The summed E-state index contributed by atoms with van der Waals surface area (Å²) in [5.41, 5.74) is 0.570. The minimum absolute atomic E-state index is 0.132. The number of rotatable bonds is 3. The van der Waals surface area contributed by atoms with Gasteiger partial charge in [-0.1, -0.05) is 12.1 Å². The number of para-hydroxylation sites is 2. The molecule has 1 aromatic carbocycles. The van der Waals surface area contributed by atoms with E-state index in [0.717, 1.165) is 12.8 Å². The second-order valence-corrected chi connectivity index (χ2v) is 6.06. The number of carbonyl (C=O) groups is 3. The highest BCUT2D eigenvalue weighted by atomic mass is 16.5. The van der Waals surface area contributed by atoms with Crippen LogP contribution in [0.15, 0.2) is 24.3 Å². The molecule has 0 aliphatic carbocycles. The molecule has 1 saturated heterocycles. The number of benzene rings is 1. The molecule has 2 heterocycles. The van der Waals surface area contributed by atoms with E-state index < -0.39 is 12.1 Å². The third-order valence-corrected chi connectivity index (χ3v) is 4.25. The number of nitrogens with one attached hydrogen (secondary N) is 2. The van der Waals surface area contributed by atoms with E-state index in [-0.39, 0.29) is 24.3 Å². The lowest BCUT2D eigenvalue weighted by molar-refractivity contribution is -0.130. The van der Waals surface area contributed by atoms with Crippen molar-refractivity contribution in [1.82, 2.24) is 10.6 Å². The summed E-state index contributed by atoms with van der Waals surface area (Å²) in [6.07, 6.45) is 1.75. The zero-order valence-corrected chi connectivity index (χ0v) is 13.6. The molecule has 0 bridgehead atoms. The van der Waals surface area contributed by atoms with Gasteiger partial charge in [0.2, 0.25) is 11.8 Å². The fraction of sp³-hybridized carbons (Fsp3) is 0.471. The summed E-state index contributed by atoms with van der Waals surface area (Å²) in [4.78, 5) is 38.1. The first-order valence-corrected chi connectivity index (χ1v) is 8.20. The average Bonchev–Trinajstić information content (AvgIpc) is 2.76. The average molecular weight is 331 g/mol. The highest BCUT2D eigenvalue weighted by Gasteiger charge is 2.33. The van der Waals surface area contributed by atoms with Crippen molar-refractivity contribution in [2.75, 3.05) is 18.0 Å². The minimum Gasteiger partial charge on any atom is -0.479 e. The van der Waals surface area contributed by atoms with Crippen LogP contribution in [-0.4, -0.2) is 43.0 Å². The number of ether oxygens (including phenoxy) is 1. The van der Waals surface area contributed by atoms with Gasteiger partial charge in [0.15, 0.2) is 6.10 Å². The molecule has 0 aromatic heterocycles. The van der Waals surface area contributed by atoms with Gasteiger partial charge in [-0.2, -0.15) is 0 Å². The number of anilines is 1. The van der Waals surface area contributed by atoms with Gasteiger partial charge >= 0.3 is 0 Å². The van der Waals surface area contributed by atoms with Crippen LogP contribution in [-0.2, 0) is 14.4 Å². The van der Waals surface area contributed by atoms with Crippen molar-refractivity contribution >= 4 is 23.4 Å². The summed E-state index contributed by atoms with van der Waals surface area (Å²) in [6.45, 7) is 2.16. The first-order chi connectivity index (χ1) is 11.6. The maximum absolute atomic E-state index is 12.4. The quantitative estimate of drug-likeness (QED) is 0.848. The number of nitrogens with zero attached hydrogens (tertiary/aromatic N) is 1. The Bertz CT molecular complexity index is 661. The van der Waals surface area contributed by atoms with Crippen LogP contribution in [0, 0.1) is 0 Å². The van der Waals surface area contributed by atoms with Gasteiger partial charge in [0, 0.05) is 6.54 Å². The fourth-order valence-electron chi connectivity index (χ4n) is 2.98. The molecular formula is C17H21N3O4. The monoisotopic (exact) mass is 331 g/mol. The molecule has 2 N–H and O–H groups in total. The smallest absolute Gasteiger partial charge is 0.268 e. The minimum atomic E-state index is -0.645. The van der Waals surface area contributed by atoms with Gasteiger partial charge < -0.3 is 15.4 Å². The summed E-state index contributed by atoms with van der Waals surface area (Å²) in [6, 6.07) is 6.57. The zero-order chi connectivity index (χ0) is 17.1. The van der Waals surface area contributed by atoms with E-state index in [1.54, 1.807) is 25.1 Å². The molecule has 3 rings (SSSR count). The van der Waals surface area contributed by atoms with Crippen LogP contribution in [0.3, 0.4) is 0 Å². The fourth-order valence-corrected chi connectivity index (χ4v) is 2.98. The van der Waals surface area contributed by atoms with E-state index in [9.17, 15) is 14.4 Å². The molecule has 0 spiro atoms. The van der Waals surface area contributed by atoms with Gasteiger partial charge in [-0.15, -0.1) is 0 Å². The van der Waals surface area contributed by atoms with Crippen molar-refractivity contribution in [3.05, 3.63) is 24.3 Å². The summed E-state index contributed by atoms with van der Waals surface area (Å²) in [5, 5.41) is 5.52. The Morgan fingerprint density at radius 1 is 1.33 bits per heavy atom. The second-order valence-electron chi connectivity index (χ2n) is 6.06. The van der Waals surface area contributed by atoms with Crippen LogP contribution in [0.1, 0.15) is 26.2 Å². The molecule has 7 heteroatoms. The normalized spacial score (nSPS) is 23.6. The van der Waals surface area contributed by atoms with Gasteiger partial charge in [-0.3, -0.25) is 19.3 Å². The van der Waals surface area contributed by atoms with Crippen LogP contribution in [0.25, 0.3) is 0 Å². The summed E-state index contributed by atoms with van der Waals surface area (Å²) in [5.74, 6) is -0.212. The van der Waals surface area contributed by atoms with Crippen molar-refractivity contribution in [2.45, 2.75) is 38.3 Å². The van der Waals surface area contributed by atoms with E-state index in [1.165, 1.54) is 4.90 Å². The van der Waals surface area contributed by atoms with E-state index in [0.29, 0.717) is 24.4 Å². The van der Waals surface area contributed by atoms with Crippen molar-refractivity contribution in [3.63, 3.8) is 0 Å². The third kappa shape index (κ3) is 3.34. The van der Waals surface area contributed by atoms with Gasteiger partial charge in [0.1, 0.15) is 18.3 Å². The largest absolute Gasteiger partial charge is 0.479 e. The topological polar surface area (TPSA) is 87.7 Å². The zero-order valence-electron chi connectivity index (χ0n) is 13.6. The van der Waals surface area contributed by atoms with Crippen molar-refractivity contribution in [1.29, 1.82) is 0 Å². The summed E-state index contributed by atoms with van der Waals surface area (Å²) in [7, 11) is 0. The van der Waals surface area contributed by atoms with Gasteiger partial charge in [0.05, 0.1) is 5.69 Å². The lowest BCUT2D eigenvalue weighted by atomic mass is 10.1. The summed E-state index contributed by atoms with van der Waals surface area (Å²) >= 11 is 0. The standard InChI is InChI=1S/C17H21N3O4/c1-11-17(23)20(13-7-2-3-8-14(13)24-11)10-15(21)19-12-6-4-5-9-18-16(12)22/h2-3,7-8,11-12H,4-6,9-10H2,1H3,(H,18,22)(H,19,21)/t11-,12+/m1/s1. The Balaban J connectivity index is 1.71. The van der Waals surface area contributed by atoms with Crippen LogP contribution < -0.4 is 20.3 Å². The molecule has 24 heavy (non-hydrogen) atoms. The van der Waals surface area contributed by atoms with E-state index >= 15 is 0 Å². The molecule has 7 nitrogen and oxygen atoms in total. The van der Waals surface area contributed by atoms with Crippen LogP contribution in [0.4, 0.5) is 5.69 Å². The number of carbonyl (C=O) groups excluding carboxylic acids is 3. The predicted octanol–water partition coefficient (Wildman–Crippen LogP) is 0.585. The first kappa shape index (κ1) is 16.3. The molecule has 0 saturated carbocycles. The van der Waals surface area contributed by atoms with E-state index in [4.69, 9.17) is 4.74 Å².